The Morgan fingerprint density at radius 1 is 1.52 bits per heavy atom. The van der Waals surface area contributed by atoms with Gasteiger partial charge in [-0.05, 0) is 45.5 Å². The van der Waals surface area contributed by atoms with Gasteiger partial charge in [0.1, 0.15) is 0 Å². The van der Waals surface area contributed by atoms with Crippen molar-refractivity contribution in [2.45, 2.75) is 45.2 Å². The number of thiophene rings is 1. The van der Waals surface area contributed by atoms with Crippen LogP contribution in [0.2, 0.25) is 0 Å². The number of amides is 1. The van der Waals surface area contributed by atoms with E-state index in [1.807, 2.05) is 11.0 Å². The number of hydrogen-bond donors (Lipinski definition) is 0. The zero-order valence-corrected chi connectivity index (χ0v) is 14.0. The lowest BCUT2D eigenvalue weighted by Gasteiger charge is -2.33. The molecular formula is C17H26N2OS. The number of piperidine rings is 1. The molecule has 1 amide bonds. The van der Waals surface area contributed by atoms with E-state index < -0.39 is 0 Å². The van der Waals surface area contributed by atoms with Crippen LogP contribution in [0.1, 0.15) is 35.4 Å². The molecular weight excluding hydrogens is 280 g/mol. The molecule has 1 aliphatic rings. The summed E-state index contributed by atoms with van der Waals surface area (Å²) < 4.78 is 0. The van der Waals surface area contributed by atoms with Crippen LogP contribution >= 0.6 is 11.3 Å². The lowest BCUT2D eigenvalue weighted by Crippen LogP contribution is -2.41. The summed E-state index contributed by atoms with van der Waals surface area (Å²) in [4.78, 5) is 19.4. The zero-order chi connectivity index (χ0) is 15.2. The van der Waals surface area contributed by atoms with E-state index in [1.54, 1.807) is 11.3 Å². The second-order valence-electron chi connectivity index (χ2n) is 5.91. The van der Waals surface area contributed by atoms with Gasteiger partial charge in [0.15, 0.2) is 0 Å². The molecule has 0 bridgehead atoms. The van der Waals surface area contributed by atoms with Crippen LogP contribution < -0.4 is 0 Å². The van der Waals surface area contributed by atoms with Crippen LogP contribution in [0.15, 0.2) is 24.8 Å². The van der Waals surface area contributed by atoms with Crippen molar-refractivity contribution in [3.63, 3.8) is 0 Å². The van der Waals surface area contributed by atoms with Gasteiger partial charge in [0.05, 0.1) is 6.54 Å². The van der Waals surface area contributed by atoms with Gasteiger partial charge in [-0.15, -0.1) is 17.9 Å². The lowest BCUT2D eigenvalue weighted by molar-refractivity contribution is -0.132. The first kappa shape index (κ1) is 16.2. The minimum Gasteiger partial charge on any atom is -0.334 e. The van der Waals surface area contributed by atoms with Crippen LogP contribution in [0, 0.1) is 6.92 Å². The summed E-state index contributed by atoms with van der Waals surface area (Å²) in [6.07, 6.45) is 6.10. The molecule has 1 atom stereocenters. The number of aryl methyl sites for hydroxylation is 1. The number of carbonyl (C=O) groups is 1. The first-order valence-electron chi connectivity index (χ1n) is 7.74. The van der Waals surface area contributed by atoms with E-state index in [1.165, 1.54) is 22.6 Å². The summed E-state index contributed by atoms with van der Waals surface area (Å²) in [7, 11) is 2.14. The maximum Gasteiger partial charge on any atom is 0.224 e. The first-order chi connectivity index (χ1) is 10.1. The Morgan fingerprint density at radius 2 is 2.33 bits per heavy atom. The number of nitrogens with zero attached hydrogens (tertiary/aromatic N) is 2. The number of carbonyl (C=O) groups excluding carboxylic acids is 1. The van der Waals surface area contributed by atoms with E-state index in [-0.39, 0.29) is 5.91 Å². The predicted molar refractivity (Wildman–Crippen MR) is 89.6 cm³/mol. The quantitative estimate of drug-likeness (QED) is 0.752. The van der Waals surface area contributed by atoms with Gasteiger partial charge in [0.2, 0.25) is 5.91 Å². The Labute approximate surface area is 132 Å². The highest BCUT2D eigenvalue weighted by atomic mass is 32.1. The van der Waals surface area contributed by atoms with Crippen LogP contribution in [0.4, 0.5) is 0 Å². The average Bonchev–Trinajstić information content (AvgIpc) is 2.86. The molecule has 21 heavy (non-hydrogen) atoms. The van der Waals surface area contributed by atoms with Gasteiger partial charge in [-0.1, -0.05) is 12.5 Å². The molecule has 0 spiro atoms. The normalized spacial score (nSPS) is 19.4. The second kappa shape index (κ2) is 7.76. The Hall–Kier alpha value is -1.13. The molecule has 0 saturated carbocycles. The van der Waals surface area contributed by atoms with Crippen molar-refractivity contribution in [1.29, 1.82) is 0 Å². The van der Waals surface area contributed by atoms with E-state index in [9.17, 15) is 4.79 Å². The van der Waals surface area contributed by atoms with Crippen molar-refractivity contribution < 1.29 is 4.79 Å². The van der Waals surface area contributed by atoms with Crippen molar-refractivity contribution >= 4 is 17.2 Å². The molecule has 1 aliphatic heterocycles. The van der Waals surface area contributed by atoms with Gasteiger partial charge in [-0.2, -0.15) is 0 Å². The van der Waals surface area contributed by atoms with Gasteiger partial charge in [-0.3, -0.25) is 4.79 Å². The lowest BCUT2D eigenvalue weighted by atomic mass is 9.99. The molecule has 0 aliphatic carbocycles. The fraction of sp³-hybridized carbons (Fsp3) is 0.588. The summed E-state index contributed by atoms with van der Waals surface area (Å²) in [6.45, 7) is 8.35. The van der Waals surface area contributed by atoms with Crippen molar-refractivity contribution in [1.82, 2.24) is 9.80 Å². The van der Waals surface area contributed by atoms with Crippen LogP contribution in [0.25, 0.3) is 0 Å². The SMILES string of the molecule is C=CCN(Cc1ccc(C)s1)C(=O)CC1CCCCN1C. The Bertz CT molecular complexity index is 483. The maximum absolute atomic E-state index is 12.6. The average molecular weight is 306 g/mol. The molecule has 3 nitrogen and oxygen atoms in total. The minimum absolute atomic E-state index is 0.250. The Kier molecular flexibility index (Phi) is 6.00. The molecule has 1 saturated heterocycles. The van der Waals surface area contributed by atoms with Crippen molar-refractivity contribution in [2.75, 3.05) is 20.1 Å². The summed E-state index contributed by atoms with van der Waals surface area (Å²) >= 11 is 1.77. The van der Waals surface area contributed by atoms with E-state index in [4.69, 9.17) is 0 Å². The molecule has 1 fully saturated rings. The fourth-order valence-corrected chi connectivity index (χ4v) is 3.81. The molecule has 4 heteroatoms. The standard InChI is InChI=1S/C17H26N2OS/c1-4-10-19(13-16-9-8-14(2)21-16)17(20)12-15-7-5-6-11-18(15)3/h4,8-9,15H,1,5-7,10-13H2,2-3H3. The number of hydrogen-bond acceptors (Lipinski definition) is 3. The number of likely N-dealkylation sites (tertiary alicyclic amines) is 1. The molecule has 0 aromatic carbocycles. The largest absolute Gasteiger partial charge is 0.334 e. The summed E-state index contributed by atoms with van der Waals surface area (Å²) in [5.74, 6) is 0.250. The summed E-state index contributed by atoms with van der Waals surface area (Å²) in [6, 6.07) is 4.64. The molecule has 1 aromatic rings. The first-order valence-corrected chi connectivity index (χ1v) is 8.56. The van der Waals surface area contributed by atoms with E-state index >= 15 is 0 Å². The van der Waals surface area contributed by atoms with Crippen molar-refractivity contribution in [3.8, 4) is 0 Å². The molecule has 2 heterocycles. The molecule has 1 aromatic heterocycles. The molecule has 116 valence electrons. The highest BCUT2D eigenvalue weighted by molar-refractivity contribution is 7.11. The predicted octanol–water partition coefficient (Wildman–Crippen LogP) is 3.45. The van der Waals surface area contributed by atoms with Gasteiger partial charge in [0.25, 0.3) is 0 Å². The van der Waals surface area contributed by atoms with E-state index in [0.29, 0.717) is 25.6 Å². The van der Waals surface area contributed by atoms with Gasteiger partial charge in [-0.25, -0.2) is 0 Å². The maximum atomic E-state index is 12.6. The van der Waals surface area contributed by atoms with E-state index in [2.05, 4.69) is 37.6 Å². The fourth-order valence-electron chi connectivity index (χ4n) is 2.90. The summed E-state index contributed by atoms with van der Waals surface area (Å²) in [5.41, 5.74) is 0. The third kappa shape index (κ3) is 4.68. The van der Waals surface area contributed by atoms with E-state index in [0.717, 1.165) is 13.0 Å². The van der Waals surface area contributed by atoms with Crippen LogP contribution in [0.3, 0.4) is 0 Å². The smallest absolute Gasteiger partial charge is 0.224 e. The Morgan fingerprint density at radius 3 is 2.95 bits per heavy atom. The zero-order valence-electron chi connectivity index (χ0n) is 13.2. The summed E-state index contributed by atoms with van der Waals surface area (Å²) in [5, 5.41) is 0. The van der Waals surface area contributed by atoms with Crippen molar-refractivity contribution in [2.24, 2.45) is 0 Å². The third-order valence-corrected chi connectivity index (χ3v) is 5.16. The van der Waals surface area contributed by atoms with Crippen molar-refractivity contribution in [3.05, 3.63) is 34.5 Å². The molecule has 0 radical (unpaired) electrons. The highest BCUT2D eigenvalue weighted by Crippen LogP contribution is 2.21. The molecule has 1 unspecified atom stereocenters. The van der Waals surface area contributed by atoms with Gasteiger partial charge < -0.3 is 9.80 Å². The minimum atomic E-state index is 0.250. The number of rotatable bonds is 6. The molecule has 2 rings (SSSR count). The monoisotopic (exact) mass is 306 g/mol. The van der Waals surface area contributed by atoms with Crippen LogP contribution in [-0.2, 0) is 11.3 Å². The molecule has 0 N–H and O–H groups in total. The van der Waals surface area contributed by atoms with Crippen LogP contribution in [-0.4, -0.2) is 41.9 Å². The Balaban J connectivity index is 1.96. The topological polar surface area (TPSA) is 23.6 Å². The van der Waals surface area contributed by atoms with Crippen LogP contribution in [0.5, 0.6) is 0 Å². The van der Waals surface area contributed by atoms with Gasteiger partial charge in [0, 0.05) is 28.8 Å². The highest BCUT2D eigenvalue weighted by Gasteiger charge is 2.24. The second-order valence-corrected chi connectivity index (χ2v) is 7.28. The third-order valence-electron chi connectivity index (χ3n) is 4.18. The van der Waals surface area contributed by atoms with Gasteiger partial charge >= 0.3 is 0 Å².